The van der Waals surface area contributed by atoms with E-state index in [1.807, 2.05) is 12.1 Å². The number of benzene rings is 1. The molecule has 1 aromatic rings. The monoisotopic (exact) mass is 244 g/mol. The van der Waals surface area contributed by atoms with E-state index in [1.165, 1.54) is 30.4 Å². The fraction of sp³-hybridized carbons (Fsp3) is 0.533. The molecule has 0 saturated heterocycles. The summed E-state index contributed by atoms with van der Waals surface area (Å²) in [6.45, 7) is 3.93. The number of fused-ring (bicyclic) bond motifs is 1. The van der Waals surface area contributed by atoms with Crippen LogP contribution in [0.25, 0.3) is 0 Å². The molecule has 0 spiro atoms. The zero-order valence-corrected chi connectivity index (χ0v) is 10.8. The Morgan fingerprint density at radius 3 is 2.83 bits per heavy atom. The first-order valence-electron chi connectivity index (χ1n) is 6.87. The molecule has 1 heterocycles. The van der Waals surface area contributed by atoms with E-state index in [9.17, 15) is 4.79 Å². The Morgan fingerprint density at radius 1 is 1.33 bits per heavy atom. The van der Waals surface area contributed by atoms with Crippen molar-refractivity contribution in [1.82, 2.24) is 10.6 Å². The molecule has 3 rings (SSSR count). The van der Waals surface area contributed by atoms with Crippen molar-refractivity contribution in [1.29, 1.82) is 0 Å². The van der Waals surface area contributed by atoms with Gasteiger partial charge >= 0.3 is 0 Å². The van der Waals surface area contributed by atoms with Gasteiger partial charge < -0.3 is 10.6 Å². The molecule has 0 bridgehead atoms. The topological polar surface area (TPSA) is 41.1 Å². The van der Waals surface area contributed by atoms with Gasteiger partial charge in [0.1, 0.15) is 0 Å². The predicted octanol–water partition coefficient (Wildman–Crippen LogP) is 2.21. The Labute approximate surface area is 108 Å². The van der Waals surface area contributed by atoms with Crippen LogP contribution in [-0.4, -0.2) is 11.9 Å². The van der Waals surface area contributed by atoms with Crippen LogP contribution in [0.15, 0.2) is 18.2 Å². The van der Waals surface area contributed by atoms with E-state index in [0.29, 0.717) is 12.0 Å². The van der Waals surface area contributed by atoms with Crippen molar-refractivity contribution in [3.8, 4) is 0 Å². The Balaban J connectivity index is 1.68. The standard InChI is InChI=1S/C15H20N2O/c1-10(11-3-2-4-11)17-15(18)12-5-6-13-8-16-9-14(13)7-12/h5-7,10-11,16H,2-4,8-9H2,1H3,(H,17,18). The first-order valence-corrected chi connectivity index (χ1v) is 6.87. The van der Waals surface area contributed by atoms with Crippen molar-refractivity contribution in [2.24, 2.45) is 5.92 Å². The van der Waals surface area contributed by atoms with E-state index in [4.69, 9.17) is 0 Å². The highest BCUT2D eigenvalue weighted by molar-refractivity contribution is 5.94. The molecule has 1 amide bonds. The van der Waals surface area contributed by atoms with Gasteiger partial charge in [-0.15, -0.1) is 0 Å². The number of carbonyl (C=O) groups is 1. The van der Waals surface area contributed by atoms with Gasteiger partial charge in [0.05, 0.1) is 0 Å². The molecule has 3 nitrogen and oxygen atoms in total. The van der Waals surface area contributed by atoms with Gasteiger partial charge in [-0.05, 0) is 48.9 Å². The molecule has 1 atom stereocenters. The van der Waals surface area contributed by atoms with Crippen LogP contribution in [0.5, 0.6) is 0 Å². The quantitative estimate of drug-likeness (QED) is 0.856. The van der Waals surface area contributed by atoms with Crippen LogP contribution in [0.2, 0.25) is 0 Å². The van der Waals surface area contributed by atoms with E-state index < -0.39 is 0 Å². The van der Waals surface area contributed by atoms with Gasteiger partial charge in [-0.25, -0.2) is 0 Å². The minimum Gasteiger partial charge on any atom is -0.349 e. The van der Waals surface area contributed by atoms with Crippen LogP contribution < -0.4 is 10.6 Å². The highest BCUT2D eigenvalue weighted by Gasteiger charge is 2.25. The summed E-state index contributed by atoms with van der Waals surface area (Å²) in [5, 5.41) is 6.43. The van der Waals surface area contributed by atoms with Gasteiger partial charge in [0.15, 0.2) is 0 Å². The number of hydrogen-bond donors (Lipinski definition) is 2. The third-order valence-electron chi connectivity index (χ3n) is 4.32. The van der Waals surface area contributed by atoms with Crippen LogP contribution in [0.1, 0.15) is 47.7 Å². The van der Waals surface area contributed by atoms with Gasteiger partial charge in [0.2, 0.25) is 0 Å². The summed E-state index contributed by atoms with van der Waals surface area (Å²) in [7, 11) is 0. The van der Waals surface area contributed by atoms with Crippen molar-refractivity contribution < 1.29 is 4.79 Å². The Hall–Kier alpha value is -1.35. The predicted molar refractivity (Wildman–Crippen MR) is 71.3 cm³/mol. The first kappa shape index (κ1) is 11.7. The largest absolute Gasteiger partial charge is 0.349 e. The minimum atomic E-state index is 0.0732. The number of carbonyl (C=O) groups excluding carboxylic acids is 1. The van der Waals surface area contributed by atoms with Crippen LogP contribution in [0.3, 0.4) is 0 Å². The smallest absolute Gasteiger partial charge is 0.251 e. The van der Waals surface area contributed by atoms with Gasteiger partial charge in [-0.3, -0.25) is 4.79 Å². The number of nitrogens with one attached hydrogen (secondary N) is 2. The molecular weight excluding hydrogens is 224 g/mol. The highest BCUT2D eigenvalue weighted by Crippen LogP contribution is 2.29. The lowest BCUT2D eigenvalue weighted by molar-refractivity contribution is 0.0909. The van der Waals surface area contributed by atoms with Crippen molar-refractivity contribution in [3.63, 3.8) is 0 Å². The SMILES string of the molecule is CC(NC(=O)c1ccc2c(c1)CNC2)C1CCC1. The van der Waals surface area contributed by atoms with Crippen molar-refractivity contribution in [3.05, 3.63) is 34.9 Å². The molecule has 2 N–H and O–H groups in total. The summed E-state index contributed by atoms with van der Waals surface area (Å²) in [4.78, 5) is 12.2. The van der Waals surface area contributed by atoms with E-state index in [2.05, 4.69) is 23.6 Å². The molecule has 1 aliphatic carbocycles. The lowest BCUT2D eigenvalue weighted by Crippen LogP contribution is -2.40. The summed E-state index contributed by atoms with van der Waals surface area (Å²) >= 11 is 0. The Kier molecular flexibility index (Phi) is 3.08. The molecule has 96 valence electrons. The number of amides is 1. The number of rotatable bonds is 3. The highest BCUT2D eigenvalue weighted by atomic mass is 16.1. The van der Waals surface area contributed by atoms with Crippen LogP contribution in [0.4, 0.5) is 0 Å². The lowest BCUT2D eigenvalue weighted by atomic mass is 9.80. The van der Waals surface area contributed by atoms with Gasteiger partial charge in [0, 0.05) is 24.7 Å². The molecule has 0 aromatic heterocycles. The van der Waals surface area contributed by atoms with E-state index in [-0.39, 0.29) is 5.91 Å². The van der Waals surface area contributed by atoms with E-state index in [0.717, 1.165) is 18.7 Å². The fourth-order valence-corrected chi connectivity index (χ4v) is 2.78. The maximum atomic E-state index is 12.2. The maximum absolute atomic E-state index is 12.2. The average Bonchev–Trinajstić information content (AvgIpc) is 2.72. The van der Waals surface area contributed by atoms with Gasteiger partial charge in [-0.1, -0.05) is 12.5 Å². The van der Waals surface area contributed by atoms with Crippen LogP contribution >= 0.6 is 0 Å². The van der Waals surface area contributed by atoms with Crippen LogP contribution in [-0.2, 0) is 13.1 Å². The summed E-state index contributed by atoms with van der Waals surface area (Å²) in [5.74, 6) is 0.758. The molecule has 3 heteroatoms. The Morgan fingerprint density at radius 2 is 2.11 bits per heavy atom. The molecular formula is C15H20N2O. The van der Waals surface area contributed by atoms with E-state index in [1.54, 1.807) is 0 Å². The molecule has 1 saturated carbocycles. The second kappa shape index (κ2) is 4.73. The molecule has 1 fully saturated rings. The number of hydrogen-bond acceptors (Lipinski definition) is 2. The molecule has 1 aromatic carbocycles. The molecule has 18 heavy (non-hydrogen) atoms. The average molecular weight is 244 g/mol. The molecule has 1 unspecified atom stereocenters. The van der Waals surface area contributed by atoms with Gasteiger partial charge in [-0.2, -0.15) is 0 Å². The Bertz CT molecular complexity index is 466. The summed E-state index contributed by atoms with van der Waals surface area (Å²) < 4.78 is 0. The third-order valence-corrected chi connectivity index (χ3v) is 4.32. The second-order valence-corrected chi connectivity index (χ2v) is 5.54. The molecule has 2 aliphatic rings. The van der Waals surface area contributed by atoms with Crippen molar-refractivity contribution in [2.45, 2.75) is 45.3 Å². The maximum Gasteiger partial charge on any atom is 0.251 e. The zero-order valence-electron chi connectivity index (χ0n) is 10.8. The van der Waals surface area contributed by atoms with Crippen molar-refractivity contribution >= 4 is 5.91 Å². The van der Waals surface area contributed by atoms with Gasteiger partial charge in [0.25, 0.3) is 5.91 Å². The van der Waals surface area contributed by atoms with E-state index >= 15 is 0 Å². The fourth-order valence-electron chi connectivity index (χ4n) is 2.78. The first-order chi connectivity index (χ1) is 8.74. The summed E-state index contributed by atoms with van der Waals surface area (Å²) in [6, 6.07) is 6.34. The molecule has 1 aliphatic heterocycles. The zero-order chi connectivity index (χ0) is 12.5. The normalized spacial score (nSPS) is 20.1. The minimum absolute atomic E-state index is 0.0732. The summed E-state index contributed by atoms with van der Waals surface area (Å²) in [6.07, 6.45) is 3.83. The summed E-state index contributed by atoms with van der Waals surface area (Å²) in [5.41, 5.74) is 3.38. The second-order valence-electron chi connectivity index (χ2n) is 5.54. The molecule has 0 radical (unpaired) electrons. The van der Waals surface area contributed by atoms with Crippen molar-refractivity contribution in [2.75, 3.05) is 0 Å². The van der Waals surface area contributed by atoms with Crippen LogP contribution in [0, 0.1) is 5.92 Å². The lowest BCUT2D eigenvalue weighted by Gasteiger charge is -2.31. The third kappa shape index (κ3) is 2.15.